The quantitative estimate of drug-likeness (QED) is 0.828. The summed E-state index contributed by atoms with van der Waals surface area (Å²) in [5.41, 5.74) is 2.05. The zero-order chi connectivity index (χ0) is 11.6. The van der Waals surface area contributed by atoms with Gasteiger partial charge in [0.05, 0.1) is 5.69 Å². The Kier molecular flexibility index (Phi) is 2.88. The van der Waals surface area contributed by atoms with E-state index in [1.807, 2.05) is 25.2 Å². The van der Waals surface area contributed by atoms with Gasteiger partial charge in [-0.1, -0.05) is 12.1 Å². The highest BCUT2D eigenvalue weighted by Gasteiger charge is 2.15. The smallest absolute Gasteiger partial charge is 0.136 e. The molecule has 0 unspecified atom stereocenters. The number of benzene rings is 1. The average Bonchev–Trinajstić information content (AvgIpc) is 2.70. The van der Waals surface area contributed by atoms with E-state index in [9.17, 15) is 0 Å². The molecule has 0 amide bonds. The minimum atomic E-state index is 0.0678. The maximum absolute atomic E-state index is 5.46. The molecule has 2 rings (SSSR count). The van der Waals surface area contributed by atoms with Crippen LogP contribution >= 0.6 is 0 Å². The lowest BCUT2D eigenvalue weighted by molar-refractivity contribution is 0.448. The van der Waals surface area contributed by atoms with Gasteiger partial charge in [0.2, 0.25) is 0 Å². The van der Waals surface area contributed by atoms with Gasteiger partial charge in [-0.2, -0.15) is 0 Å². The second-order valence-corrected chi connectivity index (χ2v) is 4.63. The molecule has 2 aromatic rings. The van der Waals surface area contributed by atoms with Gasteiger partial charge in [0.25, 0.3) is 0 Å². The van der Waals surface area contributed by atoms with Crippen LogP contribution in [-0.2, 0) is 0 Å². The predicted octanol–water partition coefficient (Wildman–Crippen LogP) is 2.84. The van der Waals surface area contributed by atoms with E-state index in [-0.39, 0.29) is 5.54 Å². The lowest BCUT2D eigenvalue weighted by Crippen LogP contribution is -2.42. The van der Waals surface area contributed by atoms with E-state index in [2.05, 4.69) is 30.5 Å². The average molecular weight is 218 g/mol. The molecule has 0 aliphatic carbocycles. The number of rotatable bonds is 4. The summed E-state index contributed by atoms with van der Waals surface area (Å²) in [6.45, 7) is 5.16. The summed E-state index contributed by atoms with van der Waals surface area (Å²) in [4.78, 5) is 0. The summed E-state index contributed by atoms with van der Waals surface area (Å²) in [7, 11) is 1.97. The largest absolute Gasteiger partial charge is 0.462 e. The Hall–Kier alpha value is -1.48. The number of anilines is 1. The molecule has 0 saturated carbocycles. The number of nitrogens with one attached hydrogen (secondary N) is 2. The molecule has 16 heavy (non-hydrogen) atoms. The zero-order valence-corrected chi connectivity index (χ0v) is 10.0. The summed E-state index contributed by atoms with van der Waals surface area (Å²) < 4.78 is 5.46. The Morgan fingerprint density at radius 1 is 1.25 bits per heavy atom. The molecule has 0 bridgehead atoms. The van der Waals surface area contributed by atoms with E-state index < -0.39 is 0 Å². The summed E-state index contributed by atoms with van der Waals surface area (Å²) >= 11 is 0. The monoisotopic (exact) mass is 218 g/mol. The van der Waals surface area contributed by atoms with Crippen LogP contribution in [0.2, 0.25) is 0 Å². The standard InChI is InChI=1S/C13H18N2O/c1-13(2,14-3)9-15-11-8-16-12-7-5-4-6-10(11)12/h4-8,14-15H,9H2,1-3H3. The van der Waals surface area contributed by atoms with Crippen LogP contribution in [-0.4, -0.2) is 19.1 Å². The van der Waals surface area contributed by atoms with E-state index in [0.29, 0.717) is 0 Å². The van der Waals surface area contributed by atoms with Gasteiger partial charge in [-0.3, -0.25) is 0 Å². The van der Waals surface area contributed by atoms with E-state index in [1.165, 1.54) is 0 Å². The van der Waals surface area contributed by atoms with Crippen molar-refractivity contribution in [2.75, 3.05) is 18.9 Å². The molecule has 3 nitrogen and oxygen atoms in total. The third-order valence-electron chi connectivity index (χ3n) is 2.88. The molecule has 2 N–H and O–H groups in total. The lowest BCUT2D eigenvalue weighted by atomic mass is 10.1. The van der Waals surface area contributed by atoms with Crippen LogP contribution in [0.15, 0.2) is 34.9 Å². The van der Waals surface area contributed by atoms with Crippen molar-refractivity contribution in [1.29, 1.82) is 0 Å². The molecular weight excluding hydrogens is 200 g/mol. The normalized spacial score (nSPS) is 11.9. The highest BCUT2D eigenvalue weighted by atomic mass is 16.3. The molecule has 0 aliphatic rings. The van der Waals surface area contributed by atoms with Crippen molar-refractivity contribution >= 4 is 16.7 Å². The fourth-order valence-electron chi connectivity index (χ4n) is 1.52. The number of furan rings is 1. The molecule has 1 heterocycles. The van der Waals surface area contributed by atoms with Gasteiger partial charge in [-0.15, -0.1) is 0 Å². The maximum Gasteiger partial charge on any atom is 0.136 e. The van der Waals surface area contributed by atoms with Crippen LogP contribution in [0, 0.1) is 0 Å². The number of likely N-dealkylation sites (N-methyl/N-ethyl adjacent to an activating group) is 1. The second kappa shape index (κ2) is 4.18. The fraction of sp³-hybridized carbons (Fsp3) is 0.385. The van der Waals surface area contributed by atoms with Gasteiger partial charge in [0, 0.05) is 17.5 Å². The van der Waals surface area contributed by atoms with Crippen molar-refractivity contribution in [2.45, 2.75) is 19.4 Å². The molecular formula is C13H18N2O. The van der Waals surface area contributed by atoms with Crippen LogP contribution in [0.25, 0.3) is 11.0 Å². The summed E-state index contributed by atoms with van der Waals surface area (Å²) in [5.74, 6) is 0. The second-order valence-electron chi connectivity index (χ2n) is 4.63. The third kappa shape index (κ3) is 2.19. The first-order valence-corrected chi connectivity index (χ1v) is 5.51. The van der Waals surface area contributed by atoms with Crippen molar-refractivity contribution in [1.82, 2.24) is 5.32 Å². The Bertz CT molecular complexity index is 473. The van der Waals surface area contributed by atoms with E-state index in [0.717, 1.165) is 23.2 Å². The zero-order valence-electron chi connectivity index (χ0n) is 10.0. The van der Waals surface area contributed by atoms with Gasteiger partial charge in [0.15, 0.2) is 0 Å². The van der Waals surface area contributed by atoms with Crippen LogP contribution in [0.5, 0.6) is 0 Å². The summed E-state index contributed by atoms with van der Waals surface area (Å²) in [6, 6.07) is 8.04. The SMILES string of the molecule is CNC(C)(C)CNc1coc2ccccc12. The van der Waals surface area contributed by atoms with Crippen LogP contribution in [0.1, 0.15) is 13.8 Å². The number of hydrogen-bond donors (Lipinski definition) is 2. The number of para-hydroxylation sites is 1. The molecule has 0 aliphatic heterocycles. The van der Waals surface area contributed by atoms with Crippen LogP contribution in [0.4, 0.5) is 5.69 Å². The number of fused-ring (bicyclic) bond motifs is 1. The highest BCUT2D eigenvalue weighted by molar-refractivity contribution is 5.90. The summed E-state index contributed by atoms with van der Waals surface area (Å²) in [6.07, 6.45) is 1.77. The van der Waals surface area contributed by atoms with Crippen molar-refractivity contribution in [3.05, 3.63) is 30.5 Å². The van der Waals surface area contributed by atoms with Gasteiger partial charge in [-0.25, -0.2) is 0 Å². The Morgan fingerprint density at radius 2 is 2.00 bits per heavy atom. The Labute approximate surface area is 95.8 Å². The maximum atomic E-state index is 5.46. The van der Waals surface area contributed by atoms with Gasteiger partial charge < -0.3 is 15.1 Å². The first-order chi connectivity index (χ1) is 7.62. The predicted molar refractivity (Wildman–Crippen MR) is 67.8 cm³/mol. The van der Waals surface area contributed by atoms with Crippen molar-refractivity contribution < 1.29 is 4.42 Å². The Balaban J connectivity index is 2.16. The van der Waals surface area contributed by atoms with Gasteiger partial charge in [-0.05, 0) is 33.0 Å². The van der Waals surface area contributed by atoms with E-state index in [4.69, 9.17) is 4.42 Å². The lowest BCUT2D eigenvalue weighted by Gasteiger charge is -2.24. The minimum absolute atomic E-state index is 0.0678. The van der Waals surface area contributed by atoms with E-state index >= 15 is 0 Å². The van der Waals surface area contributed by atoms with E-state index in [1.54, 1.807) is 6.26 Å². The molecule has 3 heteroatoms. The minimum Gasteiger partial charge on any atom is -0.462 e. The molecule has 0 radical (unpaired) electrons. The molecule has 0 spiro atoms. The fourth-order valence-corrected chi connectivity index (χ4v) is 1.52. The summed E-state index contributed by atoms with van der Waals surface area (Å²) in [5, 5.41) is 7.79. The van der Waals surface area contributed by atoms with Gasteiger partial charge >= 0.3 is 0 Å². The first-order valence-electron chi connectivity index (χ1n) is 5.51. The van der Waals surface area contributed by atoms with Gasteiger partial charge in [0.1, 0.15) is 11.8 Å². The molecule has 0 fully saturated rings. The molecule has 0 atom stereocenters. The van der Waals surface area contributed by atoms with Crippen molar-refractivity contribution in [3.63, 3.8) is 0 Å². The Morgan fingerprint density at radius 3 is 2.75 bits per heavy atom. The topological polar surface area (TPSA) is 37.2 Å². The van der Waals surface area contributed by atoms with Crippen LogP contribution in [0.3, 0.4) is 0 Å². The number of hydrogen-bond acceptors (Lipinski definition) is 3. The molecule has 0 saturated heterocycles. The first kappa shape index (κ1) is 11.0. The molecule has 86 valence electrons. The van der Waals surface area contributed by atoms with Crippen molar-refractivity contribution in [3.8, 4) is 0 Å². The van der Waals surface area contributed by atoms with Crippen molar-refractivity contribution in [2.24, 2.45) is 0 Å². The molecule has 1 aromatic carbocycles. The van der Waals surface area contributed by atoms with Crippen LogP contribution < -0.4 is 10.6 Å². The highest BCUT2D eigenvalue weighted by Crippen LogP contribution is 2.25. The third-order valence-corrected chi connectivity index (χ3v) is 2.88. The molecule has 1 aromatic heterocycles.